The Morgan fingerprint density at radius 2 is 1.81 bits per heavy atom. The van der Waals surface area contributed by atoms with Crippen LogP contribution in [0.25, 0.3) is 0 Å². The largest absolute Gasteiger partial charge is 0.376 e. The van der Waals surface area contributed by atoms with E-state index in [2.05, 4.69) is 16.0 Å². The van der Waals surface area contributed by atoms with Gasteiger partial charge in [-0.2, -0.15) is 0 Å². The van der Waals surface area contributed by atoms with Crippen molar-refractivity contribution < 1.29 is 19.1 Å². The first-order valence-electron chi connectivity index (χ1n) is 10.3. The zero-order chi connectivity index (χ0) is 22.2. The summed E-state index contributed by atoms with van der Waals surface area (Å²) in [6, 6.07) is 13.7. The molecule has 1 aliphatic heterocycles. The van der Waals surface area contributed by atoms with Gasteiger partial charge in [0, 0.05) is 49.7 Å². The van der Waals surface area contributed by atoms with Gasteiger partial charge in [0.2, 0.25) is 5.91 Å². The quantitative estimate of drug-likeness (QED) is 0.604. The Kier molecular flexibility index (Phi) is 7.61. The van der Waals surface area contributed by atoms with Crippen LogP contribution in [-0.4, -0.2) is 62.5 Å². The van der Waals surface area contributed by atoms with E-state index in [-0.39, 0.29) is 30.4 Å². The molecule has 1 saturated heterocycles. The maximum atomic E-state index is 12.3. The Labute approximate surface area is 182 Å². The van der Waals surface area contributed by atoms with Crippen molar-refractivity contribution >= 4 is 29.1 Å². The van der Waals surface area contributed by atoms with E-state index in [1.54, 1.807) is 62.6 Å². The van der Waals surface area contributed by atoms with Crippen LogP contribution in [0, 0.1) is 0 Å². The van der Waals surface area contributed by atoms with Gasteiger partial charge in [-0.25, -0.2) is 0 Å². The number of carbonyl (C=O) groups is 3. The van der Waals surface area contributed by atoms with Gasteiger partial charge in [-0.05, 0) is 55.3 Å². The van der Waals surface area contributed by atoms with Gasteiger partial charge in [0.25, 0.3) is 11.8 Å². The number of ether oxygens (including phenoxy) is 1. The summed E-state index contributed by atoms with van der Waals surface area (Å²) in [6.45, 7) is 1.28. The number of anilines is 2. The Hall–Kier alpha value is -3.39. The first-order valence-corrected chi connectivity index (χ1v) is 10.3. The molecule has 8 heteroatoms. The number of rotatable bonds is 8. The summed E-state index contributed by atoms with van der Waals surface area (Å²) in [5, 5.41) is 8.67. The van der Waals surface area contributed by atoms with Gasteiger partial charge in [0.15, 0.2) is 0 Å². The summed E-state index contributed by atoms with van der Waals surface area (Å²) < 4.78 is 5.51. The normalized spacial score (nSPS) is 15.2. The Morgan fingerprint density at radius 1 is 1.03 bits per heavy atom. The molecule has 0 saturated carbocycles. The number of nitrogens with zero attached hydrogens (tertiary/aromatic N) is 1. The Morgan fingerprint density at radius 3 is 2.48 bits per heavy atom. The zero-order valence-electron chi connectivity index (χ0n) is 17.8. The van der Waals surface area contributed by atoms with Gasteiger partial charge in [0.1, 0.15) is 0 Å². The molecule has 1 atom stereocenters. The third-order valence-electron chi connectivity index (χ3n) is 4.91. The first kappa shape index (κ1) is 22.3. The van der Waals surface area contributed by atoms with Crippen LogP contribution in [0.5, 0.6) is 0 Å². The smallest absolute Gasteiger partial charge is 0.253 e. The highest BCUT2D eigenvalue weighted by atomic mass is 16.5. The molecule has 0 aromatic heterocycles. The predicted octanol–water partition coefficient (Wildman–Crippen LogP) is 2.35. The number of hydrogen-bond donors (Lipinski definition) is 3. The predicted molar refractivity (Wildman–Crippen MR) is 119 cm³/mol. The topological polar surface area (TPSA) is 99.8 Å². The third-order valence-corrected chi connectivity index (χ3v) is 4.91. The van der Waals surface area contributed by atoms with E-state index in [1.807, 2.05) is 0 Å². The van der Waals surface area contributed by atoms with E-state index in [4.69, 9.17) is 4.74 Å². The SMILES string of the molecule is CN(C)C(=O)c1ccc(NCC(=O)Nc2cccc(C(=O)NCC3CCCO3)c2)cc1. The minimum atomic E-state index is -0.245. The van der Waals surface area contributed by atoms with E-state index in [1.165, 1.54) is 4.90 Å². The minimum Gasteiger partial charge on any atom is -0.376 e. The maximum Gasteiger partial charge on any atom is 0.253 e. The molecule has 2 aromatic carbocycles. The van der Waals surface area contributed by atoms with Crippen molar-refractivity contribution in [2.45, 2.75) is 18.9 Å². The average molecular weight is 425 g/mol. The number of amides is 3. The van der Waals surface area contributed by atoms with Crippen LogP contribution >= 0.6 is 0 Å². The average Bonchev–Trinajstić information content (AvgIpc) is 3.30. The number of carbonyl (C=O) groups excluding carboxylic acids is 3. The number of benzene rings is 2. The second-order valence-corrected chi connectivity index (χ2v) is 7.60. The van der Waals surface area contributed by atoms with Crippen molar-refractivity contribution in [3.63, 3.8) is 0 Å². The van der Waals surface area contributed by atoms with E-state index in [0.717, 1.165) is 25.1 Å². The Bertz CT molecular complexity index is 921. The lowest BCUT2D eigenvalue weighted by atomic mass is 10.1. The molecule has 3 amide bonds. The lowest BCUT2D eigenvalue weighted by Gasteiger charge is -2.12. The number of hydrogen-bond acceptors (Lipinski definition) is 5. The van der Waals surface area contributed by atoms with E-state index in [9.17, 15) is 14.4 Å². The van der Waals surface area contributed by atoms with Crippen LogP contribution in [0.1, 0.15) is 33.6 Å². The molecule has 0 radical (unpaired) electrons. The van der Waals surface area contributed by atoms with Crippen molar-refractivity contribution in [3.05, 3.63) is 59.7 Å². The molecular weight excluding hydrogens is 396 g/mol. The molecule has 31 heavy (non-hydrogen) atoms. The van der Waals surface area contributed by atoms with Crippen LogP contribution in [0.2, 0.25) is 0 Å². The summed E-state index contributed by atoms with van der Waals surface area (Å²) in [5.74, 6) is -0.522. The molecule has 0 bridgehead atoms. The van der Waals surface area contributed by atoms with E-state index >= 15 is 0 Å². The van der Waals surface area contributed by atoms with Gasteiger partial charge < -0.3 is 25.6 Å². The van der Waals surface area contributed by atoms with E-state index < -0.39 is 0 Å². The number of nitrogens with one attached hydrogen (secondary N) is 3. The highest BCUT2D eigenvalue weighted by Gasteiger charge is 2.17. The molecule has 0 aliphatic carbocycles. The molecule has 2 aromatic rings. The molecule has 1 aliphatic rings. The van der Waals surface area contributed by atoms with Gasteiger partial charge in [0.05, 0.1) is 12.6 Å². The Balaban J connectivity index is 1.48. The van der Waals surface area contributed by atoms with Crippen LogP contribution in [0.3, 0.4) is 0 Å². The molecule has 3 rings (SSSR count). The fourth-order valence-electron chi connectivity index (χ4n) is 3.23. The summed E-state index contributed by atoms with van der Waals surface area (Å²) in [6.07, 6.45) is 2.06. The van der Waals surface area contributed by atoms with Crippen molar-refractivity contribution in [1.82, 2.24) is 10.2 Å². The van der Waals surface area contributed by atoms with Crippen molar-refractivity contribution in [2.75, 3.05) is 44.4 Å². The monoisotopic (exact) mass is 424 g/mol. The fraction of sp³-hybridized carbons (Fsp3) is 0.348. The second-order valence-electron chi connectivity index (χ2n) is 7.60. The van der Waals surface area contributed by atoms with Crippen molar-refractivity contribution in [1.29, 1.82) is 0 Å². The lowest BCUT2D eigenvalue weighted by molar-refractivity contribution is -0.114. The summed E-state index contributed by atoms with van der Waals surface area (Å²) >= 11 is 0. The van der Waals surface area contributed by atoms with Gasteiger partial charge >= 0.3 is 0 Å². The first-order chi connectivity index (χ1) is 14.9. The van der Waals surface area contributed by atoms with Crippen molar-refractivity contribution in [3.8, 4) is 0 Å². The summed E-state index contributed by atoms with van der Waals surface area (Å²) in [4.78, 5) is 38.1. The molecule has 1 heterocycles. The summed E-state index contributed by atoms with van der Waals surface area (Å²) in [5.41, 5.74) is 2.33. The zero-order valence-corrected chi connectivity index (χ0v) is 17.8. The molecular formula is C23H28N4O4. The van der Waals surface area contributed by atoms with Crippen LogP contribution in [0.15, 0.2) is 48.5 Å². The second kappa shape index (κ2) is 10.6. The molecule has 1 fully saturated rings. The molecule has 164 valence electrons. The van der Waals surface area contributed by atoms with Crippen LogP contribution in [-0.2, 0) is 9.53 Å². The maximum absolute atomic E-state index is 12.3. The van der Waals surface area contributed by atoms with Crippen LogP contribution in [0.4, 0.5) is 11.4 Å². The standard InChI is InChI=1S/C23H28N4O4/c1-27(2)23(30)16-8-10-18(11-9-16)24-15-21(28)26-19-6-3-5-17(13-19)22(29)25-14-20-7-4-12-31-20/h3,5-6,8-11,13,20,24H,4,7,12,14-15H2,1-2H3,(H,25,29)(H,26,28). The summed E-state index contributed by atoms with van der Waals surface area (Å²) in [7, 11) is 3.39. The molecule has 8 nitrogen and oxygen atoms in total. The lowest BCUT2D eigenvalue weighted by Crippen LogP contribution is -2.31. The van der Waals surface area contributed by atoms with Crippen LogP contribution < -0.4 is 16.0 Å². The minimum absolute atomic E-state index is 0.0520. The molecule has 1 unspecified atom stereocenters. The molecule has 0 spiro atoms. The highest BCUT2D eigenvalue weighted by Crippen LogP contribution is 2.14. The fourth-order valence-corrected chi connectivity index (χ4v) is 3.23. The van der Waals surface area contributed by atoms with Crippen molar-refractivity contribution in [2.24, 2.45) is 0 Å². The van der Waals surface area contributed by atoms with Gasteiger partial charge in [-0.1, -0.05) is 6.07 Å². The van der Waals surface area contributed by atoms with Gasteiger partial charge in [-0.15, -0.1) is 0 Å². The van der Waals surface area contributed by atoms with E-state index in [0.29, 0.717) is 23.4 Å². The van der Waals surface area contributed by atoms with Gasteiger partial charge in [-0.3, -0.25) is 14.4 Å². The third kappa shape index (κ3) is 6.55. The highest BCUT2D eigenvalue weighted by molar-refractivity contribution is 5.98. The molecule has 3 N–H and O–H groups in total.